The molecule has 140 valence electrons. The molecule has 0 aliphatic carbocycles. The smallest absolute Gasteiger partial charge is 0.242 e. The highest BCUT2D eigenvalue weighted by Gasteiger charge is 2.21. The zero-order chi connectivity index (χ0) is 17.5. The van der Waals surface area contributed by atoms with E-state index >= 15 is 0 Å². The van der Waals surface area contributed by atoms with Gasteiger partial charge in [0, 0.05) is 13.0 Å². The van der Waals surface area contributed by atoms with Crippen LogP contribution in [0.15, 0.2) is 0 Å². The molecule has 1 unspecified atom stereocenters. The largest absolute Gasteiger partial charge is 0.354 e. The van der Waals surface area contributed by atoms with Gasteiger partial charge in [0.1, 0.15) is 6.04 Å². The number of amides is 2. The summed E-state index contributed by atoms with van der Waals surface area (Å²) in [6, 6.07) is -0.312. The second-order valence-electron chi connectivity index (χ2n) is 7.19. The minimum Gasteiger partial charge on any atom is -0.354 e. The predicted octanol–water partition coefficient (Wildman–Crippen LogP) is 4.47. The summed E-state index contributed by atoms with van der Waals surface area (Å²) in [5.74, 6) is 0.0211. The molecule has 2 N–H and O–H groups in total. The van der Waals surface area contributed by atoms with Crippen LogP contribution in [0.2, 0.25) is 0 Å². The van der Waals surface area contributed by atoms with Gasteiger partial charge in [0.25, 0.3) is 0 Å². The SMILES string of the molecule is CCCCCCCCCCCCCC(=O)NC1CCCCNC1=O. The van der Waals surface area contributed by atoms with Crippen molar-refractivity contribution in [2.24, 2.45) is 0 Å². The number of nitrogens with one attached hydrogen (secondary N) is 2. The lowest BCUT2D eigenvalue weighted by Crippen LogP contribution is -2.45. The monoisotopic (exact) mass is 338 g/mol. The molecule has 0 spiro atoms. The van der Waals surface area contributed by atoms with Gasteiger partial charge in [-0.15, -0.1) is 0 Å². The Morgan fingerprint density at radius 3 is 2.17 bits per heavy atom. The maximum atomic E-state index is 11.9. The Hall–Kier alpha value is -1.06. The Kier molecular flexibility index (Phi) is 12.5. The third-order valence-corrected chi connectivity index (χ3v) is 4.88. The molecule has 4 nitrogen and oxygen atoms in total. The summed E-state index contributed by atoms with van der Waals surface area (Å²) in [7, 11) is 0. The molecule has 1 saturated heterocycles. The highest BCUT2D eigenvalue weighted by atomic mass is 16.2. The van der Waals surface area contributed by atoms with E-state index in [-0.39, 0.29) is 17.9 Å². The number of carbonyl (C=O) groups excluding carboxylic acids is 2. The van der Waals surface area contributed by atoms with E-state index in [0.29, 0.717) is 6.42 Å². The van der Waals surface area contributed by atoms with Crippen LogP contribution in [0, 0.1) is 0 Å². The van der Waals surface area contributed by atoms with Crippen molar-refractivity contribution in [1.29, 1.82) is 0 Å². The quantitative estimate of drug-likeness (QED) is 0.487. The summed E-state index contributed by atoms with van der Waals surface area (Å²) in [6.45, 7) is 3.00. The fourth-order valence-corrected chi connectivity index (χ4v) is 3.29. The van der Waals surface area contributed by atoms with Crippen LogP contribution in [0.3, 0.4) is 0 Å². The van der Waals surface area contributed by atoms with Gasteiger partial charge in [-0.05, 0) is 25.7 Å². The molecule has 24 heavy (non-hydrogen) atoms. The van der Waals surface area contributed by atoms with Crippen LogP contribution in [-0.2, 0) is 9.59 Å². The molecular weight excluding hydrogens is 300 g/mol. The molecule has 1 heterocycles. The zero-order valence-corrected chi connectivity index (χ0v) is 15.7. The zero-order valence-electron chi connectivity index (χ0n) is 15.7. The van der Waals surface area contributed by atoms with Gasteiger partial charge in [0.05, 0.1) is 0 Å². The van der Waals surface area contributed by atoms with Crippen molar-refractivity contribution in [3.63, 3.8) is 0 Å². The lowest BCUT2D eigenvalue weighted by Gasteiger charge is -2.15. The molecule has 0 saturated carbocycles. The van der Waals surface area contributed by atoms with Crippen molar-refractivity contribution in [3.05, 3.63) is 0 Å². The number of hydrogen-bond acceptors (Lipinski definition) is 2. The second-order valence-corrected chi connectivity index (χ2v) is 7.19. The van der Waals surface area contributed by atoms with E-state index in [2.05, 4.69) is 17.6 Å². The number of rotatable bonds is 13. The van der Waals surface area contributed by atoms with E-state index in [1.165, 1.54) is 57.8 Å². The molecule has 4 heteroatoms. The molecule has 0 aromatic heterocycles. The molecule has 1 rings (SSSR count). The Labute approximate surface area is 148 Å². The summed E-state index contributed by atoms with van der Waals surface area (Å²) >= 11 is 0. The average molecular weight is 339 g/mol. The average Bonchev–Trinajstić information content (AvgIpc) is 2.77. The summed E-state index contributed by atoms with van der Waals surface area (Å²) in [6.07, 6.45) is 17.5. The first-order chi connectivity index (χ1) is 11.7. The Morgan fingerprint density at radius 1 is 0.958 bits per heavy atom. The van der Waals surface area contributed by atoms with Crippen molar-refractivity contribution in [2.75, 3.05) is 6.54 Å². The van der Waals surface area contributed by atoms with Crippen LogP contribution in [0.25, 0.3) is 0 Å². The molecule has 1 atom stereocenters. The van der Waals surface area contributed by atoms with Gasteiger partial charge in [-0.1, -0.05) is 71.1 Å². The van der Waals surface area contributed by atoms with E-state index in [1.807, 2.05) is 0 Å². The van der Waals surface area contributed by atoms with Crippen molar-refractivity contribution in [2.45, 2.75) is 109 Å². The molecule has 1 aliphatic rings. The van der Waals surface area contributed by atoms with Gasteiger partial charge in [-0.3, -0.25) is 9.59 Å². The molecule has 1 fully saturated rings. The molecule has 0 bridgehead atoms. The number of unbranched alkanes of at least 4 members (excludes halogenated alkanes) is 10. The van der Waals surface area contributed by atoms with Crippen LogP contribution >= 0.6 is 0 Å². The van der Waals surface area contributed by atoms with E-state index in [1.54, 1.807) is 0 Å². The highest BCUT2D eigenvalue weighted by Crippen LogP contribution is 2.12. The summed E-state index contributed by atoms with van der Waals surface area (Å²) in [5, 5.41) is 5.75. The van der Waals surface area contributed by atoms with E-state index in [4.69, 9.17) is 0 Å². The van der Waals surface area contributed by atoms with Gasteiger partial charge in [0.2, 0.25) is 11.8 Å². The fourth-order valence-electron chi connectivity index (χ4n) is 3.29. The number of carbonyl (C=O) groups is 2. The topological polar surface area (TPSA) is 58.2 Å². The summed E-state index contributed by atoms with van der Waals surface area (Å²) < 4.78 is 0. The standard InChI is InChI=1S/C20H38N2O2/c1-2-3-4-5-6-7-8-9-10-11-12-16-19(23)22-18-15-13-14-17-21-20(18)24/h18H,2-17H2,1H3,(H,21,24)(H,22,23). The van der Waals surface area contributed by atoms with Crippen molar-refractivity contribution in [1.82, 2.24) is 10.6 Å². The first-order valence-electron chi connectivity index (χ1n) is 10.3. The minimum atomic E-state index is -0.312. The first kappa shape index (κ1) is 21.0. The molecule has 0 aromatic carbocycles. The van der Waals surface area contributed by atoms with Crippen molar-refractivity contribution >= 4 is 11.8 Å². The Balaban J connectivity index is 1.91. The summed E-state index contributed by atoms with van der Waals surface area (Å²) in [4.78, 5) is 23.7. The molecule has 0 radical (unpaired) electrons. The van der Waals surface area contributed by atoms with Crippen LogP contribution in [0.1, 0.15) is 103 Å². The molecule has 0 aromatic rings. The molecular formula is C20H38N2O2. The van der Waals surface area contributed by atoms with Gasteiger partial charge >= 0.3 is 0 Å². The van der Waals surface area contributed by atoms with Crippen LogP contribution in [0.5, 0.6) is 0 Å². The van der Waals surface area contributed by atoms with E-state index < -0.39 is 0 Å². The summed E-state index contributed by atoms with van der Waals surface area (Å²) in [5.41, 5.74) is 0. The van der Waals surface area contributed by atoms with Crippen LogP contribution < -0.4 is 10.6 Å². The van der Waals surface area contributed by atoms with Crippen molar-refractivity contribution in [3.8, 4) is 0 Å². The normalized spacial score (nSPS) is 18.0. The highest BCUT2D eigenvalue weighted by molar-refractivity contribution is 5.87. The second kappa shape index (κ2) is 14.3. The lowest BCUT2D eigenvalue weighted by atomic mass is 10.0. The van der Waals surface area contributed by atoms with Gasteiger partial charge in [0.15, 0.2) is 0 Å². The van der Waals surface area contributed by atoms with Crippen molar-refractivity contribution < 1.29 is 9.59 Å². The predicted molar refractivity (Wildman–Crippen MR) is 99.9 cm³/mol. The number of hydrogen-bond donors (Lipinski definition) is 2. The fraction of sp³-hybridized carbons (Fsp3) is 0.900. The van der Waals surface area contributed by atoms with Gasteiger partial charge in [-0.2, -0.15) is 0 Å². The first-order valence-corrected chi connectivity index (χ1v) is 10.3. The Morgan fingerprint density at radius 2 is 1.54 bits per heavy atom. The van der Waals surface area contributed by atoms with Crippen LogP contribution in [0.4, 0.5) is 0 Å². The van der Waals surface area contributed by atoms with E-state index in [0.717, 1.165) is 38.6 Å². The van der Waals surface area contributed by atoms with Crippen LogP contribution in [-0.4, -0.2) is 24.4 Å². The maximum absolute atomic E-state index is 11.9. The van der Waals surface area contributed by atoms with E-state index in [9.17, 15) is 9.59 Å². The van der Waals surface area contributed by atoms with Gasteiger partial charge in [-0.25, -0.2) is 0 Å². The molecule has 1 aliphatic heterocycles. The minimum absolute atomic E-state index is 0.0141. The lowest BCUT2D eigenvalue weighted by molar-refractivity contribution is -0.128. The maximum Gasteiger partial charge on any atom is 0.242 e. The third kappa shape index (κ3) is 10.7. The Bertz CT molecular complexity index is 345. The third-order valence-electron chi connectivity index (χ3n) is 4.88. The molecule has 2 amide bonds. The van der Waals surface area contributed by atoms with Gasteiger partial charge < -0.3 is 10.6 Å².